The number of rotatable bonds is 0. The highest BCUT2D eigenvalue weighted by Gasteiger charge is 1.58. The Morgan fingerprint density at radius 1 is 1.20 bits per heavy atom. The van der Waals surface area contributed by atoms with Crippen LogP contribution in [0.2, 0.25) is 0 Å². The molecule has 56 valence electrons. The second-order valence-corrected chi connectivity index (χ2v) is 1.11. The second kappa shape index (κ2) is 10.8. The van der Waals surface area contributed by atoms with E-state index in [0.29, 0.717) is 0 Å². The summed E-state index contributed by atoms with van der Waals surface area (Å²) in [6.07, 6.45) is 3.50. The van der Waals surface area contributed by atoms with Gasteiger partial charge < -0.3 is 12.4 Å². The molecule has 0 amide bonds. The third-order valence-electron chi connectivity index (χ3n) is 0.566. The summed E-state index contributed by atoms with van der Waals surface area (Å²) in [5, 5.41) is 8.38. The zero-order valence-electron chi connectivity index (χ0n) is 5.03. The Kier molecular flexibility index (Phi) is 12.5. The van der Waals surface area contributed by atoms with E-state index in [9.17, 15) is 0 Å². The zero-order valence-corrected chi connectivity index (χ0v) is 5.78. The molecule has 4 nitrogen and oxygen atoms in total. The molecule has 0 bridgehead atoms. The average Bonchev–Trinajstić information content (AvgIpc) is 1.93. The maximum Gasteiger partial charge on any atom is 0.0267 e. The van der Waals surface area contributed by atoms with Gasteiger partial charge in [0.15, 0.2) is 0 Å². The third kappa shape index (κ3) is 9.96. The van der Waals surface area contributed by atoms with Crippen molar-refractivity contribution in [2.75, 3.05) is 0 Å². The molecule has 0 aliphatic carbocycles. The van der Waals surface area contributed by atoms with Crippen LogP contribution in [0.1, 0.15) is 0 Å². The number of pyridine rings is 1. The summed E-state index contributed by atoms with van der Waals surface area (Å²) in [6, 6.07) is 5.72. The van der Waals surface area contributed by atoms with E-state index >= 15 is 0 Å². The summed E-state index contributed by atoms with van der Waals surface area (Å²) >= 11 is 0. The molecular weight excluding hydrogens is 156 g/mol. The first kappa shape index (κ1) is 11.6. The van der Waals surface area contributed by atoms with Gasteiger partial charge in [-0.2, -0.15) is 0 Å². The summed E-state index contributed by atoms with van der Waals surface area (Å²) in [6.45, 7) is 0. The Hall–Kier alpha value is -1.16. The molecule has 0 aromatic carbocycles. The van der Waals surface area contributed by atoms with Gasteiger partial charge in [-0.05, 0) is 12.1 Å². The first-order chi connectivity index (χ1) is 4.41. The molecule has 1 heterocycles. The predicted molar refractivity (Wildman–Crippen MR) is 31.9 cm³/mol. The third-order valence-corrected chi connectivity index (χ3v) is 0.566. The van der Waals surface area contributed by atoms with Crippen molar-refractivity contribution < 1.29 is 17.7 Å². The monoisotopic (exact) mass is 161 g/mol. The Morgan fingerprint density at radius 3 is 1.70 bits per heavy atom. The van der Waals surface area contributed by atoms with Crippen LogP contribution < -0.4 is 17.7 Å². The van der Waals surface area contributed by atoms with Gasteiger partial charge in [-0.1, -0.05) is 6.07 Å². The summed E-state index contributed by atoms with van der Waals surface area (Å²) in [5.41, 5.74) is 0. The number of halogens is 1. The molecule has 10 heavy (non-hydrogen) atoms. The predicted octanol–water partition coefficient (Wildman–Crippen LogP) is -3.58. The summed E-state index contributed by atoms with van der Waals surface area (Å²) in [7, 11) is 0. The van der Waals surface area contributed by atoms with Gasteiger partial charge in [0, 0.05) is 17.7 Å². The molecule has 0 saturated carbocycles. The van der Waals surface area contributed by atoms with Crippen molar-refractivity contribution >= 4 is 0 Å². The van der Waals surface area contributed by atoms with Crippen LogP contribution in [-0.2, 0) is 0 Å². The van der Waals surface area contributed by atoms with Crippen molar-refractivity contribution in [2.45, 2.75) is 0 Å². The number of hydrogen-bond donors (Lipinski definition) is 1. The maximum absolute atomic E-state index is 8.12. The molecule has 0 aliphatic rings. The van der Waals surface area contributed by atoms with Crippen molar-refractivity contribution in [1.82, 2.24) is 4.98 Å². The minimum absolute atomic E-state index is 0. The van der Waals surface area contributed by atoms with Crippen molar-refractivity contribution in [3.05, 3.63) is 40.7 Å². The van der Waals surface area contributed by atoms with Crippen LogP contribution in [0.5, 0.6) is 0 Å². The standard InChI is InChI=1S/C5H5N.ClH.HNO2/c1-2-4-6-5-3-1;;2-1-3/h1-5H;1H;1H/p-1. The zero-order chi connectivity index (χ0) is 6.95. The van der Waals surface area contributed by atoms with Crippen LogP contribution in [0, 0.1) is 10.1 Å². The quantitative estimate of drug-likeness (QED) is 0.316. The molecule has 0 spiro atoms. The fourth-order valence-corrected chi connectivity index (χ4v) is 0.313. The van der Waals surface area contributed by atoms with E-state index in [1.165, 1.54) is 0 Å². The Labute approximate surface area is 64.3 Å². The van der Waals surface area contributed by atoms with Crippen molar-refractivity contribution in [3.63, 3.8) is 0 Å². The average molecular weight is 162 g/mol. The molecule has 1 rings (SSSR count). The molecule has 0 radical (unpaired) electrons. The van der Waals surface area contributed by atoms with Gasteiger partial charge in [-0.25, -0.2) is 0 Å². The summed E-state index contributed by atoms with van der Waals surface area (Å²) < 4.78 is 0. The fraction of sp³-hybridized carbons (Fsp3) is 0. The van der Waals surface area contributed by atoms with Crippen molar-refractivity contribution in [1.29, 1.82) is 0 Å². The van der Waals surface area contributed by atoms with Crippen molar-refractivity contribution in [3.8, 4) is 0 Å². The molecule has 5 heteroatoms. The summed E-state index contributed by atoms with van der Waals surface area (Å²) in [5.74, 6) is 0. The minimum atomic E-state index is 0. The Balaban J connectivity index is 0. The van der Waals surface area contributed by atoms with E-state index in [2.05, 4.69) is 4.98 Å². The van der Waals surface area contributed by atoms with Crippen LogP contribution in [0.4, 0.5) is 0 Å². The van der Waals surface area contributed by atoms with Gasteiger partial charge >= 0.3 is 0 Å². The van der Waals surface area contributed by atoms with E-state index in [1.54, 1.807) is 12.4 Å². The lowest BCUT2D eigenvalue weighted by molar-refractivity contribution is -0.398. The van der Waals surface area contributed by atoms with Gasteiger partial charge in [0.2, 0.25) is 0 Å². The number of hydrogen-bond acceptors (Lipinski definition) is 3. The highest BCUT2D eigenvalue weighted by molar-refractivity contribution is 4.88. The van der Waals surface area contributed by atoms with E-state index in [0.717, 1.165) is 0 Å². The van der Waals surface area contributed by atoms with Crippen LogP contribution in [0.3, 0.4) is 0 Å². The first-order valence-electron chi connectivity index (χ1n) is 2.26. The van der Waals surface area contributed by atoms with E-state index < -0.39 is 0 Å². The number of aromatic nitrogens is 1. The molecule has 1 aromatic rings. The van der Waals surface area contributed by atoms with E-state index in [4.69, 9.17) is 10.1 Å². The van der Waals surface area contributed by atoms with Gasteiger partial charge in [0.05, 0.1) is 0 Å². The normalized spacial score (nSPS) is 6.00. The van der Waals surface area contributed by atoms with Crippen LogP contribution in [0.25, 0.3) is 0 Å². The Morgan fingerprint density at radius 2 is 1.60 bits per heavy atom. The summed E-state index contributed by atoms with van der Waals surface area (Å²) in [4.78, 5) is 11.9. The van der Waals surface area contributed by atoms with E-state index in [-0.39, 0.29) is 17.7 Å². The van der Waals surface area contributed by atoms with E-state index in [1.807, 2.05) is 18.2 Å². The maximum atomic E-state index is 8.12. The molecule has 1 aromatic heterocycles. The lowest BCUT2D eigenvalue weighted by Gasteiger charge is -1.70. The molecular formula is C5H6ClN2O2-. The van der Waals surface area contributed by atoms with Gasteiger partial charge in [-0.15, -0.1) is 0 Å². The molecule has 0 saturated heterocycles. The lowest BCUT2D eigenvalue weighted by Crippen LogP contribution is -3.00. The highest BCUT2D eigenvalue weighted by atomic mass is 35.5. The van der Waals surface area contributed by atoms with Crippen molar-refractivity contribution in [2.24, 2.45) is 0 Å². The number of nitrogens with zero attached hydrogens (tertiary/aromatic N) is 1. The van der Waals surface area contributed by atoms with Crippen LogP contribution in [-0.4, -0.2) is 4.98 Å². The van der Waals surface area contributed by atoms with Gasteiger partial charge in [0.25, 0.3) is 0 Å². The SMILES string of the molecule is O=[NH+][O-].[Cl-].c1ccncc1. The molecule has 1 N–H and O–H groups in total. The lowest BCUT2D eigenvalue weighted by atomic mass is 10.5. The van der Waals surface area contributed by atoms with Gasteiger partial charge in [-0.3, -0.25) is 15.1 Å². The van der Waals surface area contributed by atoms with Crippen LogP contribution in [0.15, 0.2) is 30.6 Å². The smallest absolute Gasteiger partial charge is 0.0267 e. The number of nitrogens with one attached hydrogen (secondary N) is 1. The molecule has 0 atom stereocenters. The Bertz CT molecular complexity index is 121. The fourth-order valence-electron chi connectivity index (χ4n) is 0.313. The minimum Gasteiger partial charge on any atom is -1.00 e. The van der Waals surface area contributed by atoms with Gasteiger partial charge in [0.1, 0.15) is 0 Å². The highest BCUT2D eigenvalue weighted by Crippen LogP contribution is 1.73. The topological polar surface area (TPSA) is 67.0 Å². The molecule has 0 aliphatic heterocycles. The molecule has 0 unspecified atom stereocenters. The second-order valence-electron chi connectivity index (χ2n) is 1.11. The first-order valence-corrected chi connectivity index (χ1v) is 2.26. The largest absolute Gasteiger partial charge is 1.00 e. The molecule has 0 fully saturated rings. The van der Waals surface area contributed by atoms with Crippen LogP contribution >= 0.6 is 0 Å².